The Labute approximate surface area is 183 Å². The van der Waals surface area contributed by atoms with Gasteiger partial charge < -0.3 is 14.6 Å². The van der Waals surface area contributed by atoms with Crippen LogP contribution in [0.5, 0.6) is 5.75 Å². The summed E-state index contributed by atoms with van der Waals surface area (Å²) in [5.41, 5.74) is 0.0699. The number of carbonyl (C=O) groups excluding carboxylic acids is 1. The Balaban J connectivity index is 1.71. The monoisotopic (exact) mass is 418 g/mol. The zero-order chi connectivity index (χ0) is 21.7. The lowest BCUT2D eigenvalue weighted by atomic mass is 9.75. The number of hydrogen-bond acceptors (Lipinski definition) is 4. The first-order valence-corrected chi connectivity index (χ1v) is 12.2. The van der Waals surface area contributed by atoms with Crippen LogP contribution in [0, 0.1) is 5.92 Å². The molecule has 0 aromatic heterocycles. The van der Waals surface area contributed by atoms with Crippen LogP contribution in [0.2, 0.25) is 0 Å². The molecule has 1 N–H and O–H groups in total. The van der Waals surface area contributed by atoms with Crippen LogP contribution in [0.4, 0.5) is 0 Å². The molecule has 30 heavy (non-hydrogen) atoms. The molecular formula is C26H42O4. The van der Waals surface area contributed by atoms with Gasteiger partial charge in [0.2, 0.25) is 0 Å². The van der Waals surface area contributed by atoms with Gasteiger partial charge in [-0.2, -0.15) is 0 Å². The molecule has 4 heteroatoms. The van der Waals surface area contributed by atoms with Crippen molar-refractivity contribution in [2.45, 2.75) is 103 Å². The van der Waals surface area contributed by atoms with E-state index in [1.165, 1.54) is 38.5 Å². The van der Waals surface area contributed by atoms with E-state index in [9.17, 15) is 9.90 Å². The van der Waals surface area contributed by atoms with E-state index in [-0.39, 0.29) is 11.9 Å². The first-order chi connectivity index (χ1) is 14.6. The van der Waals surface area contributed by atoms with Gasteiger partial charge >= 0.3 is 5.97 Å². The second-order valence-electron chi connectivity index (χ2n) is 8.82. The fourth-order valence-electron chi connectivity index (χ4n) is 4.20. The SMILES string of the molecule is CCCCCCCOc1ccc(C2(O)CCC(C(=O)OCCCCCC)CC2)cc1. The van der Waals surface area contributed by atoms with Crippen LogP contribution in [-0.4, -0.2) is 24.3 Å². The number of carbonyl (C=O) groups is 1. The van der Waals surface area contributed by atoms with Gasteiger partial charge in [-0.1, -0.05) is 70.9 Å². The Kier molecular flexibility index (Phi) is 11.3. The lowest BCUT2D eigenvalue weighted by Crippen LogP contribution is -2.34. The van der Waals surface area contributed by atoms with Crippen LogP contribution in [-0.2, 0) is 15.1 Å². The van der Waals surface area contributed by atoms with Gasteiger partial charge in [0.05, 0.1) is 24.7 Å². The average molecular weight is 419 g/mol. The minimum absolute atomic E-state index is 0.0771. The van der Waals surface area contributed by atoms with Crippen molar-refractivity contribution in [1.29, 1.82) is 0 Å². The maximum absolute atomic E-state index is 12.3. The normalized spacial score (nSPS) is 21.4. The molecule has 0 heterocycles. The van der Waals surface area contributed by atoms with Gasteiger partial charge in [0.15, 0.2) is 0 Å². The van der Waals surface area contributed by atoms with E-state index in [0.29, 0.717) is 32.3 Å². The predicted octanol–water partition coefficient (Wildman–Crippen LogP) is 6.54. The van der Waals surface area contributed by atoms with E-state index >= 15 is 0 Å². The summed E-state index contributed by atoms with van der Waals surface area (Å²) in [7, 11) is 0. The van der Waals surface area contributed by atoms with Crippen LogP contribution in [0.1, 0.15) is 103 Å². The van der Waals surface area contributed by atoms with Crippen molar-refractivity contribution in [1.82, 2.24) is 0 Å². The Morgan fingerprint density at radius 1 is 0.900 bits per heavy atom. The third-order valence-electron chi connectivity index (χ3n) is 6.30. The summed E-state index contributed by atoms with van der Waals surface area (Å²) in [4.78, 5) is 12.3. The number of unbranched alkanes of at least 4 members (excludes halogenated alkanes) is 7. The second-order valence-corrected chi connectivity index (χ2v) is 8.82. The zero-order valence-corrected chi connectivity index (χ0v) is 19.2. The van der Waals surface area contributed by atoms with E-state index in [4.69, 9.17) is 9.47 Å². The molecule has 1 aromatic carbocycles. The largest absolute Gasteiger partial charge is 0.494 e. The molecule has 1 aromatic rings. The van der Waals surface area contributed by atoms with Gasteiger partial charge in [-0.05, 0) is 56.2 Å². The number of rotatable bonds is 14. The summed E-state index contributed by atoms with van der Waals surface area (Å²) in [5, 5.41) is 11.1. The number of benzene rings is 1. The number of hydrogen-bond donors (Lipinski definition) is 1. The molecule has 4 nitrogen and oxygen atoms in total. The van der Waals surface area contributed by atoms with Gasteiger partial charge in [0.1, 0.15) is 5.75 Å². The summed E-state index contributed by atoms with van der Waals surface area (Å²) < 4.78 is 11.3. The molecule has 0 atom stereocenters. The Morgan fingerprint density at radius 2 is 1.47 bits per heavy atom. The molecule has 1 aliphatic carbocycles. The van der Waals surface area contributed by atoms with Crippen molar-refractivity contribution < 1.29 is 19.4 Å². The van der Waals surface area contributed by atoms with E-state index in [1.807, 2.05) is 24.3 Å². The van der Waals surface area contributed by atoms with Crippen LogP contribution in [0.3, 0.4) is 0 Å². The van der Waals surface area contributed by atoms with Crippen molar-refractivity contribution in [3.8, 4) is 5.75 Å². The van der Waals surface area contributed by atoms with Gasteiger partial charge in [-0.3, -0.25) is 4.79 Å². The van der Waals surface area contributed by atoms with Crippen molar-refractivity contribution in [2.24, 2.45) is 5.92 Å². The smallest absolute Gasteiger partial charge is 0.308 e. The Bertz CT molecular complexity index is 588. The quantitative estimate of drug-likeness (QED) is 0.275. The van der Waals surface area contributed by atoms with Gasteiger partial charge in [-0.15, -0.1) is 0 Å². The summed E-state index contributed by atoms with van der Waals surface area (Å²) in [6, 6.07) is 7.85. The topological polar surface area (TPSA) is 55.8 Å². The molecule has 2 rings (SSSR count). The summed E-state index contributed by atoms with van der Waals surface area (Å²) in [5.74, 6) is 0.696. The van der Waals surface area contributed by atoms with E-state index in [2.05, 4.69) is 13.8 Å². The van der Waals surface area contributed by atoms with E-state index in [1.54, 1.807) is 0 Å². The molecule has 1 fully saturated rings. The van der Waals surface area contributed by atoms with Crippen LogP contribution in [0.25, 0.3) is 0 Å². The lowest BCUT2D eigenvalue weighted by molar-refractivity contribution is -0.152. The molecular weight excluding hydrogens is 376 g/mol. The molecule has 0 spiro atoms. The highest BCUT2D eigenvalue weighted by Crippen LogP contribution is 2.40. The Morgan fingerprint density at radius 3 is 2.10 bits per heavy atom. The average Bonchev–Trinajstić information content (AvgIpc) is 2.77. The van der Waals surface area contributed by atoms with Crippen molar-refractivity contribution >= 4 is 5.97 Å². The second kappa shape index (κ2) is 13.7. The van der Waals surface area contributed by atoms with Crippen LogP contribution < -0.4 is 4.74 Å². The highest BCUT2D eigenvalue weighted by molar-refractivity contribution is 5.72. The van der Waals surface area contributed by atoms with Crippen molar-refractivity contribution in [3.05, 3.63) is 29.8 Å². The highest BCUT2D eigenvalue weighted by atomic mass is 16.5. The number of aliphatic hydroxyl groups is 1. The van der Waals surface area contributed by atoms with Crippen LogP contribution >= 0.6 is 0 Å². The maximum atomic E-state index is 12.3. The number of ether oxygens (including phenoxy) is 2. The molecule has 0 bridgehead atoms. The molecule has 170 valence electrons. The van der Waals surface area contributed by atoms with E-state index < -0.39 is 5.60 Å². The predicted molar refractivity (Wildman–Crippen MR) is 122 cm³/mol. The summed E-state index contributed by atoms with van der Waals surface area (Å²) >= 11 is 0. The van der Waals surface area contributed by atoms with E-state index in [0.717, 1.165) is 37.2 Å². The molecule has 0 radical (unpaired) electrons. The number of esters is 1. The first-order valence-electron chi connectivity index (χ1n) is 12.2. The maximum Gasteiger partial charge on any atom is 0.308 e. The first kappa shape index (κ1) is 24.7. The van der Waals surface area contributed by atoms with Crippen molar-refractivity contribution in [3.63, 3.8) is 0 Å². The lowest BCUT2D eigenvalue weighted by Gasteiger charge is -2.35. The molecule has 0 amide bonds. The van der Waals surface area contributed by atoms with Gasteiger partial charge in [-0.25, -0.2) is 0 Å². The zero-order valence-electron chi connectivity index (χ0n) is 19.2. The fourth-order valence-corrected chi connectivity index (χ4v) is 4.20. The molecule has 0 aliphatic heterocycles. The third-order valence-corrected chi connectivity index (χ3v) is 6.30. The van der Waals surface area contributed by atoms with Gasteiger partial charge in [0, 0.05) is 0 Å². The third kappa shape index (κ3) is 8.29. The minimum atomic E-state index is -0.851. The summed E-state index contributed by atoms with van der Waals surface area (Å²) in [6.07, 6.45) is 13.1. The molecule has 1 aliphatic rings. The van der Waals surface area contributed by atoms with Crippen molar-refractivity contribution in [2.75, 3.05) is 13.2 Å². The Hall–Kier alpha value is -1.55. The fraction of sp³-hybridized carbons (Fsp3) is 0.731. The standard InChI is InChI=1S/C26H42O4/c1-3-5-7-9-11-20-29-24-14-12-23(13-15-24)26(28)18-16-22(17-19-26)25(27)30-21-10-8-6-4-2/h12-15,22,28H,3-11,16-21H2,1-2H3. The molecule has 0 saturated heterocycles. The van der Waals surface area contributed by atoms with Crippen LogP contribution in [0.15, 0.2) is 24.3 Å². The minimum Gasteiger partial charge on any atom is -0.494 e. The molecule has 0 unspecified atom stereocenters. The molecule has 1 saturated carbocycles. The van der Waals surface area contributed by atoms with Gasteiger partial charge in [0.25, 0.3) is 0 Å². The summed E-state index contributed by atoms with van der Waals surface area (Å²) in [6.45, 7) is 5.67. The highest BCUT2D eigenvalue weighted by Gasteiger charge is 2.37.